The third kappa shape index (κ3) is 3.89. The molecule has 7 heteroatoms. The Morgan fingerprint density at radius 1 is 1.29 bits per heavy atom. The Hall–Kier alpha value is -1.60. The van der Waals surface area contributed by atoms with Crippen molar-refractivity contribution in [2.24, 2.45) is 0 Å². The van der Waals surface area contributed by atoms with Crippen LogP contribution in [0.15, 0.2) is 30.6 Å². The van der Waals surface area contributed by atoms with Gasteiger partial charge in [-0.1, -0.05) is 31.9 Å². The van der Waals surface area contributed by atoms with Gasteiger partial charge in [-0.3, -0.25) is 4.21 Å². The van der Waals surface area contributed by atoms with Crippen LogP contribution >= 0.6 is 0 Å². The van der Waals surface area contributed by atoms with Crippen LogP contribution in [0.5, 0.6) is 0 Å². The molecule has 1 heterocycles. The molecular weight excluding hydrogens is 322 g/mol. The van der Waals surface area contributed by atoms with Gasteiger partial charge in [0.2, 0.25) is 0 Å². The van der Waals surface area contributed by atoms with E-state index in [-0.39, 0.29) is 11.3 Å². The first-order valence-corrected chi connectivity index (χ1v) is 10.0. The highest BCUT2D eigenvalue weighted by molar-refractivity contribution is 7.85. The zero-order chi connectivity index (χ0) is 16.9. The third-order valence-corrected chi connectivity index (χ3v) is 6.60. The highest BCUT2D eigenvalue weighted by Crippen LogP contribution is 2.26. The van der Waals surface area contributed by atoms with E-state index in [2.05, 4.69) is 39.9 Å². The first kappa shape index (κ1) is 17.2. The quantitative estimate of drug-likeness (QED) is 0.869. The molecule has 1 aliphatic rings. The minimum atomic E-state index is -0.728. The average Bonchev–Trinajstić information content (AvgIpc) is 3.16. The fourth-order valence-electron chi connectivity index (χ4n) is 3.43. The van der Waals surface area contributed by atoms with E-state index >= 15 is 0 Å². The topological polar surface area (TPSA) is 72.7 Å². The number of benzene rings is 1. The molecule has 4 atom stereocenters. The fourth-order valence-corrected chi connectivity index (χ4v) is 4.87. The summed E-state index contributed by atoms with van der Waals surface area (Å²) in [5.41, 5.74) is 2.16. The maximum Gasteiger partial charge on any atom is 0.143 e. The molecule has 0 bridgehead atoms. The summed E-state index contributed by atoms with van der Waals surface area (Å²) in [4.78, 5) is 0. The summed E-state index contributed by atoms with van der Waals surface area (Å²) in [5.74, 6) is 0.748. The van der Waals surface area contributed by atoms with Crippen molar-refractivity contribution in [1.82, 2.24) is 25.5 Å². The smallest absolute Gasteiger partial charge is 0.143 e. The Labute approximate surface area is 145 Å². The molecule has 2 aromatic rings. The van der Waals surface area contributed by atoms with Gasteiger partial charge in [-0.25, -0.2) is 4.68 Å². The predicted octanol–water partition coefficient (Wildman–Crippen LogP) is 2.39. The van der Waals surface area contributed by atoms with E-state index in [4.69, 9.17) is 0 Å². The molecule has 3 rings (SSSR count). The van der Waals surface area contributed by atoms with E-state index in [0.29, 0.717) is 6.04 Å². The lowest BCUT2D eigenvalue weighted by atomic mass is 9.93. The maximum absolute atomic E-state index is 12.3. The van der Waals surface area contributed by atoms with E-state index in [9.17, 15) is 4.21 Å². The van der Waals surface area contributed by atoms with Crippen molar-refractivity contribution >= 4 is 10.8 Å². The van der Waals surface area contributed by atoms with Crippen molar-refractivity contribution in [2.75, 3.05) is 5.75 Å². The van der Waals surface area contributed by atoms with Gasteiger partial charge < -0.3 is 5.32 Å². The van der Waals surface area contributed by atoms with Crippen LogP contribution in [0.2, 0.25) is 0 Å². The number of nitrogens with one attached hydrogen (secondary N) is 1. The van der Waals surface area contributed by atoms with Crippen LogP contribution in [0.3, 0.4) is 0 Å². The summed E-state index contributed by atoms with van der Waals surface area (Å²) in [7, 11) is -0.728. The van der Waals surface area contributed by atoms with E-state index in [1.807, 2.05) is 19.1 Å². The lowest BCUT2D eigenvalue weighted by molar-refractivity contribution is 0.352. The molecule has 0 saturated heterocycles. The molecule has 6 nitrogen and oxygen atoms in total. The van der Waals surface area contributed by atoms with Crippen LogP contribution in [0.4, 0.5) is 0 Å². The molecule has 1 aromatic carbocycles. The van der Waals surface area contributed by atoms with Crippen LogP contribution in [0.1, 0.15) is 51.1 Å². The van der Waals surface area contributed by atoms with Gasteiger partial charge in [0, 0.05) is 28.6 Å². The van der Waals surface area contributed by atoms with Gasteiger partial charge in [0.25, 0.3) is 0 Å². The summed E-state index contributed by atoms with van der Waals surface area (Å²) in [5, 5.41) is 15.2. The second-order valence-electron chi connectivity index (χ2n) is 6.33. The van der Waals surface area contributed by atoms with Crippen molar-refractivity contribution in [1.29, 1.82) is 0 Å². The molecule has 0 amide bonds. The van der Waals surface area contributed by atoms with Crippen LogP contribution in [0, 0.1) is 0 Å². The number of nitrogens with zero attached hydrogens (tertiary/aromatic N) is 4. The first-order valence-electron chi connectivity index (χ1n) is 8.65. The van der Waals surface area contributed by atoms with E-state index < -0.39 is 10.8 Å². The molecule has 24 heavy (non-hydrogen) atoms. The minimum absolute atomic E-state index is 0.229. The van der Waals surface area contributed by atoms with Gasteiger partial charge in [-0.2, -0.15) is 0 Å². The standard InChI is InChI=1S/C17H25N5OS/c1-3-24(23)17-7-5-4-6-16(17)19-13(2)14-8-10-15(11-9-14)22-12-18-20-21-22/h8-13,16-17,19H,3-7H2,1-2H3/t13-,16+,17+,24-/m0/s1. The van der Waals surface area contributed by atoms with E-state index in [1.54, 1.807) is 11.0 Å². The zero-order valence-corrected chi connectivity index (χ0v) is 15.1. The number of hydrogen-bond donors (Lipinski definition) is 1. The normalized spacial score (nSPS) is 23.8. The molecule has 0 spiro atoms. The summed E-state index contributed by atoms with van der Waals surface area (Å²) >= 11 is 0. The summed E-state index contributed by atoms with van der Waals surface area (Å²) in [6.45, 7) is 4.19. The second-order valence-corrected chi connectivity index (χ2v) is 8.28. The molecule has 0 unspecified atom stereocenters. The lowest BCUT2D eigenvalue weighted by Crippen LogP contribution is -2.45. The van der Waals surface area contributed by atoms with Gasteiger partial charge in [-0.15, -0.1) is 5.10 Å². The molecular formula is C17H25N5OS. The van der Waals surface area contributed by atoms with Crippen molar-refractivity contribution in [3.63, 3.8) is 0 Å². The van der Waals surface area contributed by atoms with Gasteiger partial charge >= 0.3 is 0 Å². The Kier molecular flexibility index (Phi) is 5.73. The Morgan fingerprint density at radius 3 is 2.71 bits per heavy atom. The van der Waals surface area contributed by atoms with Crippen molar-refractivity contribution in [3.8, 4) is 5.69 Å². The van der Waals surface area contributed by atoms with Crippen LogP contribution in [-0.4, -0.2) is 41.5 Å². The molecule has 1 aromatic heterocycles. The first-order chi connectivity index (χ1) is 11.7. The van der Waals surface area contributed by atoms with Gasteiger partial charge in [0.15, 0.2) is 0 Å². The molecule has 1 fully saturated rings. The predicted molar refractivity (Wildman–Crippen MR) is 95.4 cm³/mol. The molecule has 0 aliphatic heterocycles. The van der Waals surface area contributed by atoms with Gasteiger partial charge in [0.1, 0.15) is 6.33 Å². The largest absolute Gasteiger partial charge is 0.306 e. The number of aromatic nitrogens is 4. The van der Waals surface area contributed by atoms with Crippen molar-refractivity contribution in [3.05, 3.63) is 36.2 Å². The Morgan fingerprint density at radius 2 is 2.04 bits per heavy atom. The van der Waals surface area contributed by atoms with Crippen LogP contribution in [0.25, 0.3) is 5.69 Å². The highest BCUT2D eigenvalue weighted by Gasteiger charge is 2.30. The summed E-state index contributed by atoms with van der Waals surface area (Å²) in [6.07, 6.45) is 6.19. The number of tetrazole rings is 1. The molecule has 1 N–H and O–H groups in total. The van der Waals surface area contributed by atoms with Crippen LogP contribution in [-0.2, 0) is 10.8 Å². The monoisotopic (exact) mass is 347 g/mol. The molecule has 1 saturated carbocycles. The van der Waals surface area contributed by atoms with Gasteiger partial charge in [0.05, 0.1) is 10.9 Å². The molecule has 0 radical (unpaired) electrons. The van der Waals surface area contributed by atoms with E-state index in [1.165, 1.54) is 18.4 Å². The Balaban J connectivity index is 1.67. The van der Waals surface area contributed by atoms with Crippen molar-refractivity contribution in [2.45, 2.75) is 56.9 Å². The zero-order valence-electron chi connectivity index (χ0n) is 14.3. The lowest BCUT2D eigenvalue weighted by Gasteiger charge is -2.33. The maximum atomic E-state index is 12.3. The van der Waals surface area contributed by atoms with Crippen molar-refractivity contribution < 1.29 is 4.21 Å². The highest BCUT2D eigenvalue weighted by atomic mass is 32.2. The average molecular weight is 347 g/mol. The molecule has 1 aliphatic carbocycles. The number of rotatable bonds is 6. The SMILES string of the molecule is CC[S@](=O)[C@@H]1CCCC[C@H]1N[C@@H](C)c1ccc(-n2cnnn2)cc1. The minimum Gasteiger partial charge on any atom is -0.306 e. The summed E-state index contributed by atoms with van der Waals surface area (Å²) < 4.78 is 14.0. The second kappa shape index (κ2) is 7.98. The Bertz CT molecular complexity index is 658. The molecule has 130 valence electrons. The van der Waals surface area contributed by atoms with Crippen LogP contribution < -0.4 is 5.32 Å². The van der Waals surface area contributed by atoms with E-state index in [0.717, 1.165) is 24.3 Å². The number of hydrogen-bond acceptors (Lipinski definition) is 5. The third-order valence-electron chi connectivity index (χ3n) is 4.80. The van der Waals surface area contributed by atoms with Gasteiger partial charge in [-0.05, 0) is 47.9 Å². The fraction of sp³-hybridized carbons (Fsp3) is 0.588. The summed E-state index contributed by atoms with van der Waals surface area (Å²) in [6, 6.07) is 8.81.